The van der Waals surface area contributed by atoms with Crippen LogP contribution in [0.2, 0.25) is 0 Å². The zero-order valence-electron chi connectivity index (χ0n) is 15.3. The lowest BCUT2D eigenvalue weighted by Crippen LogP contribution is -2.36. The average Bonchev–Trinajstić information content (AvgIpc) is 3.10. The maximum absolute atomic E-state index is 10.7. The van der Waals surface area contributed by atoms with E-state index in [1.165, 1.54) is 0 Å². The van der Waals surface area contributed by atoms with Gasteiger partial charge in [0.1, 0.15) is 11.5 Å². The van der Waals surface area contributed by atoms with Crippen LogP contribution in [0.4, 0.5) is 0 Å². The highest BCUT2D eigenvalue weighted by Crippen LogP contribution is 2.41. The highest BCUT2D eigenvalue weighted by atomic mass is 16.5. The number of fused-ring (bicyclic) bond motifs is 1. The Morgan fingerprint density at radius 3 is 2.48 bits per heavy atom. The molecule has 2 heterocycles. The van der Waals surface area contributed by atoms with Crippen molar-refractivity contribution in [2.24, 2.45) is 0 Å². The van der Waals surface area contributed by atoms with Crippen LogP contribution in [0.3, 0.4) is 0 Å². The molecule has 1 aromatic heterocycles. The van der Waals surface area contributed by atoms with E-state index in [0.29, 0.717) is 30.6 Å². The zero-order chi connectivity index (χ0) is 18.1. The lowest BCUT2D eigenvalue weighted by Gasteiger charge is -2.36. The Morgan fingerprint density at radius 1 is 1.20 bits per heavy atom. The molecule has 136 valence electrons. The summed E-state index contributed by atoms with van der Waals surface area (Å²) in [6, 6.07) is 3.58. The molecule has 0 spiro atoms. The maximum atomic E-state index is 10.7. The fourth-order valence-electron chi connectivity index (χ4n) is 3.20. The Balaban J connectivity index is 1.92. The topological polar surface area (TPSA) is 80.9 Å². The molecule has 3 rings (SSSR count). The van der Waals surface area contributed by atoms with Crippen molar-refractivity contribution < 1.29 is 19.1 Å². The Labute approximate surface area is 147 Å². The van der Waals surface area contributed by atoms with Crippen molar-refractivity contribution in [1.29, 1.82) is 0 Å². The van der Waals surface area contributed by atoms with Gasteiger partial charge in [0.15, 0.2) is 5.82 Å². The minimum atomic E-state index is -0.677. The largest absolute Gasteiger partial charge is 0.496 e. The molecule has 2 aromatic rings. The van der Waals surface area contributed by atoms with E-state index in [4.69, 9.17) is 14.0 Å². The number of nitrogens with zero attached hydrogens (tertiary/aromatic N) is 3. The molecule has 7 heteroatoms. The number of hydrogen-bond donors (Lipinski definition) is 1. The smallest absolute Gasteiger partial charge is 0.243 e. The van der Waals surface area contributed by atoms with Gasteiger partial charge < -0.3 is 19.1 Å². The summed E-state index contributed by atoms with van der Waals surface area (Å²) in [7, 11) is 3.24. The molecule has 1 aromatic carbocycles. The molecule has 1 aliphatic rings. The highest BCUT2D eigenvalue weighted by molar-refractivity contribution is 5.51. The predicted molar refractivity (Wildman–Crippen MR) is 91.7 cm³/mol. The zero-order valence-corrected chi connectivity index (χ0v) is 15.3. The number of β-amino-alcohol motifs (C(OH)–C–C–N with tert-alkyl or cyclic N) is 1. The van der Waals surface area contributed by atoms with Crippen LogP contribution in [-0.2, 0) is 6.54 Å². The molecule has 25 heavy (non-hydrogen) atoms. The summed E-state index contributed by atoms with van der Waals surface area (Å²) in [6.45, 7) is 7.11. The summed E-state index contributed by atoms with van der Waals surface area (Å²) in [5.74, 6) is 2.87. The van der Waals surface area contributed by atoms with E-state index in [0.717, 1.165) is 16.9 Å². The van der Waals surface area contributed by atoms with Gasteiger partial charge in [0.2, 0.25) is 5.89 Å². The summed E-state index contributed by atoms with van der Waals surface area (Å²) in [6.07, 6.45) is -0.677. The van der Waals surface area contributed by atoms with Crippen LogP contribution in [0.5, 0.6) is 11.5 Å². The third-order valence-electron chi connectivity index (χ3n) is 4.69. The van der Waals surface area contributed by atoms with Crippen LogP contribution in [0.25, 0.3) is 0 Å². The van der Waals surface area contributed by atoms with Crippen LogP contribution in [0, 0.1) is 0 Å². The molecule has 0 amide bonds. The van der Waals surface area contributed by atoms with E-state index in [1.807, 2.05) is 32.9 Å². The van der Waals surface area contributed by atoms with E-state index in [2.05, 4.69) is 15.0 Å². The van der Waals surface area contributed by atoms with Crippen molar-refractivity contribution in [1.82, 2.24) is 15.0 Å². The molecular formula is C18H25N3O4. The first-order valence-electron chi connectivity index (χ1n) is 8.45. The number of methoxy groups -OCH3 is 2. The van der Waals surface area contributed by atoms with E-state index in [1.54, 1.807) is 14.2 Å². The molecule has 0 fully saturated rings. The number of hydrogen-bond acceptors (Lipinski definition) is 7. The van der Waals surface area contributed by atoms with Crippen LogP contribution >= 0.6 is 0 Å². The quantitative estimate of drug-likeness (QED) is 0.890. The molecule has 0 saturated carbocycles. The fraction of sp³-hybridized carbons (Fsp3) is 0.556. The molecule has 7 nitrogen and oxygen atoms in total. The van der Waals surface area contributed by atoms with E-state index >= 15 is 0 Å². The van der Waals surface area contributed by atoms with Gasteiger partial charge in [-0.1, -0.05) is 19.0 Å². The van der Waals surface area contributed by atoms with E-state index in [9.17, 15) is 5.11 Å². The summed E-state index contributed by atoms with van der Waals surface area (Å²) in [5, 5.41) is 14.7. The predicted octanol–water partition coefficient (Wildman–Crippen LogP) is 2.82. The van der Waals surface area contributed by atoms with Gasteiger partial charge in [-0.25, -0.2) is 0 Å². The van der Waals surface area contributed by atoms with Crippen molar-refractivity contribution in [3.8, 4) is 11.5 Å². The summed E-state index contributed by atoms with van der Waals surface area (Å²) >= 11 is 0. The molecule has 2 atom stereocenters. The minimum Gasteiger partial charge on any atom is -0.496 e. The Hall–Kier alpha value is -2.12. The van der Waals surface area contributed by atoms with Gasteiger partial charge >= 0.3 is 0 Å². The van der Waals surface area contributed by atoms with Gasteiger partial charge in [0, 0.05) is 30.1 Å². The SMILES string of the molecule is COc1ccc(OC)c2c1CN([C@H](C)c1nc(C(C)C)no1)C[C@H]2O. The van der Waals surface area contributed by atoms with E-state index in [-0.39, 0.29) is 12.0 Å². The van der Waals surface area contributed by atoms with Crippen LogP contribution in [0.1, 0.15) is 61.7 Å². The number of ether oxygens (including phenoxy) is 2. The Morgan fingerprint density at radius 2 is 1.88 bits per heavy atom. The number of aliphatic hydroxyl groups is 1. The van der Waals surface area contributed by atoms with Crippen molar-refractivity contribution in [3.63, 3.8) is 0 Å². The Bertz CT molecular complexity index is 744. The lowest BCUT2D eigenvalue weighted by molar-refractivity contribution is 0.0567. The standard InChI is InChI=1S/C18H25N3O4/c1-10(2)17-19-18(25-20-17)11(3)21-8-12-14(23-4)6-7-15(24-5)16(12)13(22)9-21/h6-7,10-11,13,22H,8-9H2,1-5H3/t11-,13-/m1/s1. The van der Waals surface area contributed by atoms with Gasteiger partial charge in [-0.3, -0.25) is 4.90 Å². The highest BCUT2D eigenvalue weighted by Gasteiger charge is 2.33. The van der Waals surface area contributed by atoms with Gasteiger partial charge in [0.05, 0.1) is 26.4 Å². The molecular weight excluding hydrogens is 322 g/mol. The number of aliphatic hydroxyl groups excluding tert-OH is 1. The monoisotopic (exact) mass is 347 g/mol. The van der Waals surface area contributed by atoms with Crippen LogP contribution in [-0.4, -0.2) is 40.9 Å². The lowest BCUT2D eigenvalue weighted by atomic mass is 9.94. The summed E-state index contributed by atoms with van der Waals surface area (Å²) in [5.41, 5.74) is 1.72. The second kappa shape index (κ2) is 7.01. The van der Waals surface area contributed by atoms with Gasteiger partial charge in [-0.05, 0) is 19.1 Å². The normalized spacial score (nSPS) is 18.9. The fourth-order valence-corrected chi connectivity index (χ4v) is 3.20. The summed E-state index contributed by atoms with van der Waals surface area (Å²) < 4.78 is 16.3. The first-order valence-corrected chi connectivity index (χ1v) is 8.45. The second-order valence-corrected chi connectivity index (χ2v) is 6.63. The second-order valence-electron chi connectivity index (χ2n) is 6.63. The third kappa shape index (κ3) is 3.21. The third-order valence-corrected chi connectivity index (χ3v) is 4.69. The first-order chi connectivity index (χ1) is 12.0. The molecule has 0 unspecified atom stereocenters. The van der Waals surface area contributed by atoms with Crippen LogP contribution < -0.4 is 9.47 Å². The van der Waals surface area contributed by atoms with E-state index < -0.39 is 6.10 Å². The van der Waals surface area contributed by atoms with Crippen molar-refractivity contribution in [3.05, 3.63) is 35.0 Å². The van der Waals surface area contributed by atoms with Crippen LogP contribution in [0.15, 0.2) is 16.7 Å². The number of aromatic nitrogens is 2. The van der Waals surface area contributed by atoms with Crippen molar-refractivity contribution in [2.45, 2.75) is 45.4 Å². The maximum Gasteiger partial charge on any atom is 0.243 e. The minimum absolute atomic E-state index is 0.112. The van der Waals surface area contributed by atoms with Gasteiger partial charge in [-0.2, -0.15) is 4.98 Å². The average molecular weight is 347 g/mol. The molecule has 0 saturated heterocycles. The van der Waals surface area contributed by atoms with Gasteiger partial charge in [-0.15, -0.1) is 0 Å². The molecule has 0 bridgehead atoms. The number of rotatable bonds is 5. The van der Waals surface area contributed by atoms with Crippen molar-refractivity contribution >= 4 is 0 Å². The summed E-state index contributed by atoms with van der Waals surface area (Å²) in [4.78, 5) is 6.59. The van der Waals surface area contributed by atoms with Gasteiger partial charge in [0.25, 0.3) is 0 Å². The first kappa shape index (κ1) is 17.7. The molecule has 1 aliphatic heterocycles. The molecule has 0 radical (unpaired) electrons. The van der Waals surface area contributed by atoms with Crippen molar-refractivity contribution in [2.75, 3.05) is 20.8 Å². The Kier molecular flexibility index (Phi) is 4.96. The molecule has 1 N–H and O–H groups in total. The number of benzene rings is 1. The molecule has 0 aliphatic carbocycles.